The van der Waals surface area contributed by atoms with Crippen LogP contribution in [0, 0.1) is 0 Å². The summed E-state index contributed by atoms with van der Waals surface area (Å²) in [7, 11) is 3.80. The molecule has 1 atom stereocenters. The van der Waals surface area contributed by atoms with Crippen LogP contribution in [0.3, 0.4) is 0 Å². The van der Waals surface area contributed by atoms with E-state index >= 15 is 0 Å². The highest BCUT2D eigenvalue weighted by molar-refractivity contribution is 14.0. The van der Waals surface area contributed by atoms with Gasteiger partial charge in [-0.05, 0) is 31.9 Å². The first kappa shape index (κ1) is 25.8. The van der Waals surface area contributed by atoms with Crippen molar-refractivity contribution in [3.8, 4) is 0 Å². The molecule has 1 fully saturated rings. The molecule has 1 aromatic carbocycles. The molecular formula is C20H33F3IN5. The van der Waals surface area contributed by atoms with Crippen molar-refractivity contribution in [1.82, 2.24) is 15.1 Å². The number of nitrogens with zero attached hydrogens (tertiary/aromatic N) is 4. The van der Waals surface area contributed by atoms with Crippen LogP contribution in [-0.4, -0.2) is 81.3 Å². The predicted octanol–water partition coefficient (Wildman–Crippen LogP) is 3.66. The molecule has 5 nitrogen and oxygen atoms in total. The minimum Gasteiger partial charge on any atom is -0.375 e. The molecule has 29 heavy (non-hydrogen) atoms. The second kappa shape index (κ2) is 12.5. The first-order chi connectivity index (χ1) is 13.3. The quantitative estimate of drug-likeness (QED) is 0.254. The van der Waals surface area contributed by atoms with E-state index in [1.807, 2.05) is 23.1 Å². The lowest BCUT2D eigenvalue weighted by Gasteiger charge is -2.39. The minimum absolute atomic E-state index is 0. The lowest BCUT2D eigenvalue weighted by molar-refractivity contribution is -0.181. The van der Waals surface area contributed by atoms with Crippen LogP contribution in [0.4, 0.5) is 18.9 Å². The van der Waals surface area contributed by atoms with Crippen LogP contribution in [0.2, 0.25) is 0 Å². The van der Waals surface area contributed by atoms with Gasteiger partial charge in [-0.15, -0.1) is 24.0 Å². The van der Waals surface area contributed by atoms with Gasteiger partial charge in [0, 0.05) is 59.1 Å². The summed E-state index contributed by atoms with van der Waals surface area (Å²) >= 11 is 0. The van der Waals surface area contributed by atoms with Gasteiger partial charge in [0.05, 0.1) is 0 Å². The number of nitrogens with one attached hydrogen (secondary N) is 1. The third-order valence-corrected chi connectivity index (χ3v) is 5.25. The van der Waals surface area contributed by atoms with Gasteiger partial charge in [-0.2, -0.15) is 13.2 Å². The molecule has 0 saturated carbocycles. The summed E-state index contributed by atoms with van der Waals surface area (Å²) in [6.07, 6.45) is -2.12. The van der Waals surface area contributed by atoms with Gasteiger partial charge in [-0.1, -0.05) is 18.2 Å². The third kappa shape index (κ3) is 8.19. The molecule has 1 heterocycles. The van der Waals surface area contributed by atoms with Crippen LogP contribution in [0.25, 0.3) is 0 Å². The van der Waals surface area contributed by atoms with E-state index in [-0.39, 0.29) is 24.0 Å². The van der Waals surface area contributed by atoms with Crippen molar-refractivity contribution in [3.05, 3.63) is 30.3 Å². The fourth-order valence-corrected chi connectivity index (χ4v) is 3.35. The molecule has 1 N–H and O–H groups in total. The SMILES string of the molecule is CN=C(NCCCCN(C)c1ccccc1)N1CCN(C(C)C(F)(F)F)CC1.I. The van der Waals surface area contributed by atoms with Gasteiger partial charge in [0.15, 0.2) is 5.96 Å². The average Bonchev–Trinajstić information content (AvgIpc) is 2.70. The molecule has 0 radical (unpaired) electrons. The van der Waals surface area contributed by atoms with Crippen LogP contribution < -0.4 is 10.2 Å². The lowest BCUT2D eigenvalue weighted by Crippen LogP contribution is -2.56. The lowest BCUT2D eigenvalue weighted by atomic mass is 10.2. The number of aliphatic imine (C=N–C) groups is 1. The maximum absolute atomic E-state index is 12.9. The van der Waals surface area contributed by atoms with Gasteiger partial charge in [0.25, 0.3) is 0 Å². The van der Waals surface area contributed by atoms with E-state index in [2.05, 4.69) is 34.4 Å². The van der Waals surface area contributed by atoms with Crippen LogP contribution >= 0.6 is 24.0 Å². The molecule has 1 unspecified atom stereocenters. The first-order valence-electron chi connectivity index (χ1n) is 9.85. The number of anilines is 1. The Bertz CT molecular complexity index is 604. The van der Waals surface area contributed by atoms with Crippen molar-refractivity contribution in [1.29, 1.82) is 0 Å². The Balaban J connectivity index is 0.00000420. The minimum atomic E-state index is -4.17. The average molecular weight is 527 g/mol. The highest BCUT2D eigenvalue weighted by Crippen LogP contribution is 2.25. The van der Waals surface area contributed by atoms with Gasteiger partial charge in [0.2, 0.25) is 0 Å². The summed E-state index contributed by atoms with van der Waals surface area (Å²) in [6.45, 7) is 4.89. The second-order valence-electron chi connectivity index (χ2n) is 7.18. The zero-order valence-corrected chi connectivity index (χ0v) is 19.8. The highest BCUT2D eigenvalue weighted by atomic mass is 127. The Kier molecular flexibility index (Phi) is 11.1. The highest BCUT2D eigenvalue weighted by Gasteiger charge is 2.41. The number of guanidine groups is 1. The van der Waals surface area contributed by atoms with E-state index in [1.165, 1.54) is 17.5 Å². The van der Waals surface area contributed by atoms with Crippen LogP contribution in [0.15, 0.2) is 35.3 Å². The van der Waals surface area contributed by atoms with Crippen LogP contribution in [-0.2, 0) is 0 Å². The van der Waals surface area contributed by atoms with Crippen molar-refractivity contribution in [2.45, 2.75) is 32.0 Å². The van der Waals surface area contributed by atoms with Crippen LogP contribution in [0.1, 0.15) is 19.8 Å². The zero-order chi connectivity index (χ0) is 20.6. The summed E-state index contributed by atoms with van der Waals surface area (Å²) in [5.41, 5.74) is 1.21. The zero-order valence-electron chi connectivity index (χ0n) is 17.5. The van der Waals surface area contributed by atoms with E-state index in [0.717, 1.165) is 31.9 Å². The summed E-state index contributed by atoms with van der Waals surface area (Å²) in [5.74, 6) is 0.774. The Morgan fingerprint density at radius 2 is 1.76 bits per heavy atom. The molecular weight excluding hydrogens is 494 g/mol. The summed E-state index contributed by atoms with van der Waals surface area (Å²) in [6, 6.07) is 8.88. The Labute approximate surface area is 189 Å². The van der Waals surface area contributed by atoms with Crippen molar-refractivity contribution < 1.29 is 13.2 Å². The fraction of sp³-hybridized carbons (Fsp3) is 0.650. The van der Waals surface area contributed by atoms with Crippen molar-refractivity contribution in [2.75, 3.05) is 58.3 Å². The molecule has 1 aliphatic rings. The maximum atomic E-state index is 12.9. The van der Waals surface area contributed by atoms with E-state index in [9.17, 15) is 13.2 Å². The summed E-state index contributed by atoms with van der Waals surface area (Å²) < 4.78 is 38.6. The number of piperazine rings is 1. The number of unbranched alkanes of at least 4 members (excludes halogenated alkanes) is 1. The molecule has 0 aromatic heterocycles. The number of rotatable bonds is 7. The van der Waals surface area contributed by atoms with E-state index in [0.29, 0.717) is 26.2 Å². The maximum Gasteiger partial charge on any atom is 0.403 e. The molecule has 1 saturated heterocycles. The smallest absolute Gasteiger partial charge is 0.375 e. The molecule has 9 heteroatoms. The Morgan fingerprint density at radius 3 is 2.31 bits per heavy atom. The Morgan fingerprint density at radius 1 is 1.14 bits per heavy atom. The number of halogens is 4. The van der Waals surface area contributed by atoms with Crippen molar-refractivity contribution >= 4 is 35.6 Å². The first-order valence-corrected chi connectivity index (χ1v) is 9.85. The number of para-hydroxylation sites is 1. The molecule has 1 aliphatic heterocycles. The van der Waals surface area contributed by atoms with E-state index in [1.54, 1.807) is 7.05 Å². The molecule has 2 rings (SSSR count). The predicted molar refractivity (Wildman–Crippen MR) is 124 cm³/mol. The summed E-state index contributed by atoms with van der Waals surface area (Å²) in [5, 5.41) is 3.34. The van der Waals surface area contributed by atoms with Crippen molar-refractivity contribution in [3.63, 3.8) is 0 Å². The van der Waals surface area contributed by atoms with Gasteiger partial charge in [0.1, 0.15) is 6.04 Å². The molecule has 0 aliphatic carbocycles. The standard InChI is InChI=1S/C20H32F3N5.HI/c1-17(20(21,22)23)27-13-15-28(16-14-27)19(24-2)25-11-7-8-12-26(3)18-9-5-4-6-10-18;/h4-6,9-10,17H,7-8,11-16H2,1-3H3,(H,24,25);1H. The topological polar surface area (TPSA) is 34.1 Å². The van der Waals surface area contributed by atoms with Gasteiger partial charge >= 0.3 is 6.18 Å². The molecule has 0 amide bonds. The monoisotopic (exact) mass is 527 g/mol. The largest absolute Gasteiger partial charge is 0.403 e. The van der Waals surface area contributed by atoms with E-state index < -0.39 is 12.2 Å². The molecule has 166 valence electrons. The third-order valence-electron chi connectivity index (χ3n) is 5.25. The fourth-order valence-electron chi connectivity index (χ4n) is 3.35. The second-order valence-corrected chi connectivity index (χ2v) is 7.18. The number of benzene rings is 1. The van der Waals surface area contributed by atoms with Gasteiger partial charge < -0.3 is 15.1 Å². The number of alkyl halides is 3. The van der Waals surface area contributed by atoms with E-state index in [4.69, 9.17) is 0 Å². The van der Waals surface area contributed by atoms with Gasteiger partial charge in [-0.3, -0.25) is 9.89 Å². The normalized spacial score (nSPS) is 16.9. The number of hydrogen-bond donors (Lipinski definition) is 1. The van der Waals surface area contributed by atoms with Gasteiger partial charge in [-0.25, -0.2) is 0 Å². The van der Waals surface area contributed by atoms with Crippen LogP contribution in [0.5, 0.6) is 0 Å². The molecule has 0 bridgehead atoms. The number of hydrogen-bond acceptors (Lipinski definition) is 3. The Hall–Kier alpha value is -1.23. The molecule has 0 spiro atoms. The van der Waals surface area contributed by atoms with Crippen molar-refractivity contribution in [2.24, 2.45) is 4.99 Å². The summed E-state index contributed by atoms with van der Waals surface area (Å²) in [4.78, 5) is 10.0. The molecule has 1 aromatic rings.